The largest absolute Gasteiger partial charge is 0.374 e. The molecule has 0 rings (SSSR count). The number of rotatable bonds is 3. The Labute approximate surface area is 70.7 Å². The second-order valence-electron chi connectivity index (χ2n) is 2.83. The van der Waals surface area contributed by atoms with E-state index in [2.05, 4.69) is 34.6 Å². The summed E-state index contributed by atoms with van der Waals surface area (Å²) in [4.78, 5) is 0. The smallest absolute Gasteiger partial charge is 0.0708 e. The topological polar surface area (TPSA) is 9.23 Å². The zero-order valence-corrected chi connectivity index (χ0v) is 10.3. The highest BCUT2D eigenvalue weighted by Crippen LogP contribution is 2.39. The highest BCUT2D eigenvalue weighted by Gasteiger charge is 2.21. The van der Waals surface area contributed by atoms with Crippen LogP contribution >= 0.6 is 27.7 Å². The van der Waals surface area contributed by atoms with Crippen molar-refractivity contribution in [3.05, 3.63) is 0 Å². The minimum Gasteiger partial charge on any atom is -0.374 e. The molecule has 0 aliphatic heterocycles. The van der Waals surface area contributed by atoms with E-state index in [-0.39, 0.29) is 10.7 Å². The van der Waals surface area contributed by atoms with Crippen LogP contribution in [0.1, 0.15) is 20.8 Å². The van der Waals surface area contributed by atoms with Crippen LogP contribution in [0.15, 0.2) is 0 Å². The minimum atomic E-state index is 0.0181. The molecule has 0 N–H and O–H groups in total. The van der Waals surface area contributed by atoms with Gasteiger partial charge in [0.15, 0.2) is 0 Å². The molecule has 0 aliphatic rings. The Kier molecular flexibility index (Phi) is 4.86. The predicted octanol–water partition coefficient (Wildman–Crippen LogP) is 2.08. The molecule has 4 heteroatoms. The fourth-order valence-corrected chi connectivity index (χ4v) is 0.762. The van der Waals surface area contributed by atoms with Gasteiger partial charge in [-0.25, -0.2) is 0 Å². The van der Waals surface area contributed by atoms with Gasteiger partial charge in [0.1, 0.15) is 0 Å². The van der Waals surface area contributed by atoms with Crippen molar-refractivity contribution in [2.24, 2.45) is 0 Å². The summed E-state index contributed by atoms with van der Waals surface area (Å²) in [6.45, 7) is 6.15. The van der Waals surface area contributed by atoms with Crippen LogP contribution in [0, 0.1) is 0 Å². The van der Waals surface area contributed by atoms with Crippen molar-refractivity contribution in [2.45, 2.75) is 37.6 Å². The van der Waals surface area contributed by atoms with Crippen LogP contribution < -0.4 is 0 Å². The van der Waals surface area contributed by atoms with Gasteiger partial charge in [0.2, 0.25) is 0 Å². The normalized spacial score (nSPS) is 15.9. The van der Waals surface area contributed by atoms with Gasteiger partial charge in [-0.05, 0) is 20.8 Å². The van der Waals surface area contributed by atoms with Gasteiger partial charge in [0.05, 0.1) is 12.2 Å². The zero-order valence-electron chi connectivity index (χ0n) is 6.79. The summed E-state index contributed by atoms with van der Waals surface area (Å²) in [5.41, 5.74) is 0. The van der Waals surface area contributed by atoms with E-state index in [4.69, 9.17) is 4.74 Å². The molecule has 0 fully saturated rings. The van der Waals surface area contributed by atoms with Gasteiger partial charge < -0.3 is 4.74 Å². The Hall–Kier alpha value is 1.25. The van der Waals surface area contributed by atoms with Gasteiger partial charge >= 0.3 is 0 Å². The van der Waals surface area contributed by atoms with Crippen LogP contribution in [-0.2, 0) is 4.74 Å². The molecule has 0 aromatic carbocycles. The first-order chi connectivity index (χ1) is 4.34. The van der Waals surface area contributed by atoms with Crippen LogP contribution in [0.3, 0.4) is 0 Å². The first kappa shape index (κ1) is 11.2. The second kappa shape index (κ2) is 4.32. The van der Waals surface area contributed by atoms with Gasteiger partial charge in [-0.1, -0.05) is 0 Å². The standard InChI is InChI=1S/C6H17OP3/c1-4(2)7-5(3)6(8,9)10/h4-5H,8-10H2,1-3H3/t5-/m0/s1. The number of ether oxygens (including phenoxy) is 1. The minimum absolute atomic E-state index is 0.0181. The Balaban J connectivity index is 3.73. The molecule has 0 bridgehead atoms. The van der Waals surface area contributed by atoms with E-state index in [0.717, 1.165) is 0 Å². The van der Waals surface area contributed by atoms with E-state index in [1.54, 1.807) is 0 Å². The Morgan fingerprint density at radius 3 is 1.60 bits per heavy atom. The SMILES string of the molecule is CC(C)O[C@@H](C)C(P)(P)P. The van der Waals surface area contributed by atoms with Crippen molar-refractivity contribution < 1.29 is 4.74 Å². The molecule has 0 aromatic rings. The molecule has 0 radical (unpaired) electrons. The number of hydrogen-bond acceptors (Lipinski definition) is 1. The van der Waals surface area contributed by atoms with Crippen LogP contribution in [0.4, 0.5) is 0 Å². The molecule has 10 heavy (non-hydrogen) atoms. The highest BCUT2D eigenvalue weighted by atomic mass is 31.1. The summed E-state index contributed by atoms with van der Waals surface area (Å²) < 4.78 is 5.57. The van der Waals surface area contributed by atoms with Gasteiger partial charge in [-0.2, -0.15) is 0 Å². The summed E-state index contributed by atoms with van der Waals surface area (Å²) in [6.07, 6.45) is 0.531. The monoisotopic (exact) mass is 198 g/mol. The van der Waals surface area contributed by atoms with Crippen molar-refractivity contribution in [1.82, 2.24) is 0 Å². The molecule has 0 aliphatic carbocycles. The van der Waals surface area contributed by atoms with Gasteiger partial charge in [0, 0.05) is 4.64 Å². The summed E-state index contributed by atoms with van der Waals surface area (Å²) in [6, 6.07) is 0. The first-order valence-electron chi connectivity index (χ1n) is 3.36. The van der Waals surface area contributed by atoms with E-state index in [1.165, 1.54) is 0 Å². The van der Waals surface area contributed by atoms with E-state index < -0.39 is 0 Å². The second-order valence-corrected chi connectivity index (χ2v) is 7.83. The van der Waals surface area contributed by atoms with Crippen LogP contribution in [0.2, 0.25) is 0 Å². The van der Waals surface area contributed by atoms with Crippen molar-refractivity contribution in [3.63, 3.8) is 0 Å². The highest BCUT2D eigenvalue weighted by molar-refractivity contribution is 7.57. The van der Waals surface area contributed by atoms with E-state index in [1.807, 2.05) is 13.8 Å². The van der Waals surface area contributed by atoms with Crippen molar-refractivity contribution in [1.29, 1.82) is 0 Å². The lowest BCUT2D eigenvalue weighted by molar-refractivity contribution is 0.0240. The summed E-state index contributed by atoms with van der Waals surface area (Å²) in [5, 5.41) is 0. The Morgan fingerprint density at radius 2 is 1.50 bits per heavy atom. The Morgan fingerprint density at radius 1 is 1.10 bits per heavy atom. The quantitative estimate of drug-likeness (QED) is 0.631. The van der Waals surface area contributed by atoms with Crippen LogP contribution in [-0.4, -0.2) is 16.8 Å². The fraction of sp³-hybridized carbons (Fsp3) is 1.00. The molecule has 0 heterocycles. The number of hydrogen-bond donors (Lipinski definition) is 0. The zero-order chi connectivity index (χ0) is 8.36. The maximum atomic E-state index is 5.55. The third-order valence-electron chi connectivity index (χ3n) is 1.18. The van der Waals surface area contributed by atoms with E-state index in [0.29, 0.717) is 6.10 Å². The molecular weight excluding hydrogens is 181 g/mol. The lowest BCUT2D eigenvalue weighted by Crippen LogP contribution is -2.26. The van der Waals surface area contributed by atoms with Gasteiger partial charge in [-0.3, -0.25) is 0 Å². The van der Waals surface area contributed by atoms with Crippen molar-refractivity contribution in [3.8, 4) is 0 Å². The lowest BCUT2D eigenvalue weighted by Gasteiger charge is -2.28. The third kappa shape index (κ3) is 4.97. The molecule has 62 valence electrons. The van der Waals surface area contributed by atoms with Crippen LogP contribution in [0.25, 0.3) is 0 Å². The molecule has 0 aromatic heterocycles. The van der Waals surface area contributed by atoms with Crippen molar-refractivity contribution >= 4 is 27.7 Å². The van der Waals surface area contributed by atoms with E-state index >= 15 is 0 Å². The molecule has 0 saturated heterocycles. The Bertz CT molecular complexity index is 97.7. The first-order valence-corrected chi connectivity index (χ1v) is 5.09. The average Bonchev–Trinajstić information content (AvgIpc) is 1.60. The third-order valence-corrected chi connectivity index (χ3v) is 2.59. The molecule has 3 unspecified atom stereocenters. The molecule has 0 saturated carbocycles. The molecular formula is C6H17OP3. The fourth-order valence-electron chi connectivity index (χ4n) is 0.526. The maximum absolute atomic E-state index is 5.55. The summed E-state index contributed by atoms with van der Waals surface area (Å²) in [7, 11) is 8.17. The van der Waals surface area contributed by atoms with Crippen molar-refractivity contribution in [2.75, 3.05) is 0 Å². The summed E-state index contributed by atoms with van der Waals surface area (Å²) in [5.74, 6) is 0. The van der Waals surface area contributed by atoms with Crippen LogP contribution in [0.5, 0.6) is 0 Å². The molecule has 0 spiro atoms. The van der Waals surface area contributed by atoms with Gasteiger partial charge in [0.25, 0.3) is 0 Å². The maximum Gasteiger partial charge on any atom is 0.0708 e. The molecule has 4 atom stereocenters. The van der Waals surface area contributed by atoms with Gasteiger partial charge in [-0.15, -0.1) is 27.7 Å². The molecule has 0 amide bonds. The lowest BCUT2D eigenvalue weighted by atomic mass is 10.4. The molecule has 1 nitrogen and oxygen atoms in total. The summed E-state index contributed by atoms with van der Waals surface area (Å²) >= 11 is 0. The predicted molar refractivity (Wildman–Crippen MR) is 57.5 cm³/mol. The average molecular weight is 198 g/mol. The van der Waals surface area contributed by atoms with E-state index in [9.17, 15) is 0 Å².